The lowest BCUT2D eigenvalue weighted by atomic mass is 9.90. The van der Waals surface area contributed by atoms with E-state index in [1.54, 1.807) is 0 Å². The molecule has 4 nitrogen and oxygen atoms in total. The minimum Gasteiger partial charge on any atom is -0.622 e. The van der Waals surface area contributed by atoms with Crippen molar-refractivity contribution in [1.29, 1.82) is 0 Å². The molecule has 0 N–H and O–H groups in total. The molecular formula is C15H18N2O2. The molecule has 0 atom stereocenters. The topological polar surface area (TPSA) is 47.7 Å². The van der Waals surface area contributed by atoms with Crippen molar-refractivity contribution >= 4 is 12.1 Å². The van der Waals surface area contributed by atoms with E-state index in [-0.39, 0.29) is 0 Å². The number of ether oxygens (including phenoxy) is 1. The second kappa shape index (κ2) is 5.03. The Morgan fingerprint density at radius 1 is 1.16 bits per heavy atom. The van der Waals surface area contributed by atoms with Crippen molar-refractivity contribution in [2.24, 2.45) is 4.99 Å². The molecule has 1 aromatic rings. The average Bonchev–Trinajstić information content (AvgIpc) is 2.75. The molecule has 0 radical (unpaired) electrons. The largest absolute Gasteiger partial charge is 0.622 e. The summed E-state index contributed by atoms with van der Waals surface area (Å²) in [5.74, 6) is 0.473. The van der Waals surface area contributed by atoms with E-state index < -0.39 is 5.66 Å². The number of benzene rings is 1. The lowest BCUT2D eigenvalue weighted by Gasteiger charge is -2.27. The molecule has 1 aliphatic heterocycles. The molecule has 1 heterocycles. The van der Waals surface area contributed by atoms with Crippen LogP contribution in [0.5, 0.6) is 0 Å². The number of hydrogen-bond donors (Lipinski definition) is 0. The van der Waals surface area contributed by atoms with Gasteiger partial charge in [0, 0.05) is 12.8 Å². The van der Waals surface area contributed by atoms with Crippen molar-refractivity contribution in [1.82, 2.24) is 0 Å². The van der Waals surface area contributed by atoms with E-state index >= 15 is 0 Å². The van der Waals surface area contributed by atoms with Gasteiger partial charge >= 0.3 is 0 Å². The summed E-state index contributed by atoms with van der Waals surface area (Å²) in [5.41, 5.74) is 0.519. The van der Waals surface area contributed by atoms with Gasteiger partial charge < -0.3 is 9.94 Å². The first-order chi connectivity index (χ1) is 9.28. The Hall–Kier alpha value is -1.84. The molecule has 2 aliphatic rings. The maximum absolute atomic E-state index is 12.0. The van der Waals surface area contributed by atoms with E-state index in [4.69, 9.17) is 4.74 Å². The molecule has 100 valence electrons. The average molecular weight is 258 g/mol. The third-order valence-corrected chi connectivity index (χ3v) is 3.84. The summed E-state index contributed by atoms with van der Waals surface area (Å²) in [6.07, 6.45) is 6.51. The van der Waals surface area contributed by atoms with Crippen LogP contribution in [-0.4, -0.2) is 22.5 Å². The molecule has 1 aromatic carbocycles. The fraction of sp³-hybridized carbons (Fsp3) is 0.467. The van der Waals surface area contributed by atoms with E-state index in [1.807, 2.05) is 30.3 Å². The van der Waals surface area contributed by atoms with Crippen molar-refractivity contribution in [3.8, 4) is 0 Å². The molecule has 1 fully saturated rings. The number of rotatable bonds is 2. The highest BCUT2D eigenvalue weighted by Gasteiger charge is 2.44. The zero-order valence-corrected chi connectivity index (χ0v) is 10.9. The highest BCUT2D eigenvalue weighted by atomic mass is 16.5. The van der Waals surface area contributed by atoms with Crippen molar-refractivity contribution in [2.45, 2.75) is 44.4 Å². The van der Waals surface area contributed by atoms with Crippen LogP contribution >= 0.6 is 0 Å². The Kier molecular flexibility index (Phi) is 3.23. The van der Waals surface area contributed by atoms with Crippen molar-refractivity contribution in [3.63, 3.8) is 0 Å². The minimum atomic E-state index is -0.565. The maximum Gasteiger partial charge on any atom is 0.282 e. The third kappa shape index (κ3) is 2.48. The van der Waals surface area contributed by atoms with Gasteiger partial charge in [0.05, 0.1) is 0 Å². The van der Waals surface area contributed by atoms with Crippen molar-refractivity contribution in [3.05, 3.63) is 41.1 Å². The van der Waals surface area contributed by atoms with E-state index in [9.17, 15) is 5.21 Å². The Bertz CT molecular complexity index is 502. The third-order valence-electron chi connectivity index (χ3n) is 3.84. The van der Waals surface area contributed by atoms with Gasteiger partial charge in [0.2, 0.25) is 6.21 Å². The molecule has 0 amide bonds. The number of hydrogen-bond acceptors (Lipinski definition) is 3. The van der Waals surface area contributed by atoms with Gasteiger partial charge in [-0.2, -0.15) is 9.73 Å². The summed E-state index contributed by atoms with van der Waals surface area (Å²) < 4.78 is 6.63. The number of hydroxylamine groups is 1. The normalized spacial score (nSPS) is 21.1. The molecule has 1 spiro atoms. The van der Waals surface area contributed by atoms with Crippen LogP contribution in [0, 0.1) is 5.21 Å². The van der Waals surface area contributed by atoms with Gasteiger partial charge in [0.25, 0.3) is 11.6 Å². The molecule has 0 unspecified atom stereocenters. The van der Waals surface area contributed by atoms with Gasteiger partial charge in [-0.1, -0.05) is 36.8 Å². The van der Waals surface area contributed by atoms with Crippen LogP contribution in [0.2, 0.25) is 0 Å². The fourth-order valence-corrected chi connectivity index (χ4v) is 2.75. The highest BCUT2D eigenvalue weighted by molar-refractivity contribution is 6.25. The second-order valence-corrected chi connectivity index (χ2v) is 5.22. The minimum absolute atomic E-state index is 0.458. The van der Waals surface area contributed by atoms with Crippen LogP contribution in [0.25, 0.3) is 0 Å². The zero-order chi connectivity index (χ0) is 13.1. The summed E-state index contributed by atoms with van der Waals surface area (Å²) in [6, 6.07) is 9.92. The Labute approximate surface area is 113 Å². The van der Waals surface area contributed by atoms with Gasteiger partial charge in [-0.15, -0.1) is 0 Å². The number of aliphatic imine (C=N–C) groups is 1. The predicted molar refractivity (Wildman–Crippen MR) is 74.2 cm³/mol. The van der Waals surface area contributed by atoms with Gasteiger partial charge in [0.15, 0.2) is 0 Å². The SMILES string of the molecule is [O-][N+]1=CC(OCc2ccccc2)=NC12CCCCC2. The maximum atomic E-state index is 12.0. The van der Waals surface area contributed by atoms with E-state index in [0.717, 1.165) is 36.0 Å². The van der Waals surface area contributed by atoms with Crippen LogP contribution < -0.4 is 0 Å². The fourth-order valence-electron chi connectivity index (χ4n) is 2.75. The molecule has 0 aromatic heterocycles. The van der Waals surface area contributed by atoms with Gasteiger partial charge in [-0.25, -0.2) is 0 Å². The van der Waals surface area contributed by atoms with E-state index in [2.05, 4.69) is 4.99 Å². The summed E-state index contributed by atoms with van der Waals surface area (Å²) in [5, 5.41) is 12.0. The Balaban J connectivity index is 1.68. The van der Waals surface area contributed by atoms with Crippen LogP contribution in [0.4, 0.5) is 0 Å². The molecular weight excluding hydrogens is 240 g/mol. The van der Waals surface area contributed by atoms with Crippen LogP contribution in [-0.2, 0) is 11.3 Å². The van der Waals surface area contributed by atoms with Gasteiger partial charge in [0.1, 0.15) is 6.61 Å². The standard InChI is InChI=1S/C15H18N2O2/c18-17-11-14(16-15(17)9-5-2-6-10-15)19-12-13-7-3-1-4-8-13/h1,3-4,7-8,11H,2,5-6,9-10,12H2. The monoisotopic (exact) mass is 258 g/mol. The van der Waals surface area contributed by atoms with Crippen LogP contribution in [0.3, 0.4) is 0 Å². The second-order valence-electron chi connectivity index (χ2n) is 5.22. The first-order valence-electron chi connectivity index (χ1n) is 6.86. The zero-order valence-electron chi connectivity index (χ0n) is 10.9. The van der Waals surface area contributed by atoms with Crippen LogP contribution in [0.15, 0.2) is 35.3 Å². The first-order valence-corrected chi connectivity index (χ1v) is 6.86. The van der Waals surface area contributed by atoms with Gasteiger partial charge in [-0.05, 0) is 18.4 Å². The van der Waals surface area contributed by atoms with Gasteiger partial charge in [-0.3, -0.25) is 0 Å². The summed E-state index contributed by atoms with van der Waals surface area (Å²) in [6.45, 7) is 0.458. The van der Waals surface area contributed by atoms with Crippen LogP contribution in [0.1, 0.15) is 37.7 Å². The molecule has 4 heteroatoms. The molecule has 0 bridgehead atoms. The number of nitrogens with zero attached hydrogens (tertiary/aromatic N) is 2. The molecule has 1 aliphatic carbocycles. The van der Waals surface area contributed by atoms with E-state index in [0.29, 0.717) is 12.5 Å². The van der Waals surface area contributed by atoms with E-state index in [1.165, 1.54) is 12.6 Å². The Morgan fingerprint density at radius 3 is 2.63 bits per heavy atom. The molecule has 3 rings (SSSR count). The lowest BCUT2D eigenvalue weighted by molar-refractivity contribution is -0.544. The molecule has 0 saturated heterocycles. The smallest absolute Gasteiger partial charge is 0.282 e. The van der Waals surface area contributed by atoms with Crippen molar-refractivity contribution < 1.29 is 9.48 Å². The van der Waals surface area contributed by atoms with Crippen molar-refractivity contribution in [2.75, 3.05) is 0 Å². The summed E-state index contributed by atoms with van der Waals surface area (Å²) >= 11 is 0. The summed E-state index contributed by atoms with van der Waals surface area (Å²) in [7, 11) is 0. The lowest BCUT2D eigenvalue weighted by Crippen LogP contribution is -2.36. The highest BCUT2D eigenvalue weighted by Crippen LogP contribution is 2.34. The molecule has 1 saturated carbocycles. The summed E-state index contributed by atoms with van der Waals surface area (Å²) in [4.78, 5) is 4.53. The molecule has 19 heavy (non-hydrogen) atoms. The Morgan fingerprint density at radius 2 is 1.89 bits per heavy atom. The predicted octanol–water partition coefficient (Wildman–Crippen LogP) is 2.86. The quantitative estimate of drug-likeness (QED) is 0.605. The first kappa shape index (κ1) is 12.2.